The molecule has 1 aromatic heterocycles. The lowest BCUT2D eigenvalue weighted by molar-refractivity contribution is -0.119. The van der Waals surface area contributed by atoms with E-state index in [9.17, 15) is 9.59 Å². The van der Waals surface area contributed by atoms with E-state index in [1.54, 1.807) is 4.90 Å². The van der Waals surface area contributed by atoms with Gasteiger partial charge in [0.05, 0.1) is 17.6 Å². The van der Waals surface area contributed by atoms with E-state index in [0.29, 0.717) is 11.4 Å². The van der Waals surface area contributed by atoms with Crippen LogP contribution in [0.2, 0.25) is 0 Å². The summed E-state index contributed by atoms with van der Waals surface area (Å²) in [5.41, 5.74) is 5.19. The van der Waals surface area contributed by atoms with Gasteiger partial charge in [0.15, 0.2) is 0 Å². The first-order chi connectivity index (χ1) is 16.3. The zero-order valence-electron chi connectivity index (χ0n) is 20.1. The van der Waals surface area contributed by atoms with Crippen LogP contribution in [-0.4, -0.2) is 27.4 Å². The summed E-state index contributed by atoms with van der Waals surface area (Å²) < 4.78 is 1.90. The van der Waals surface area contributed by atoms with Crippen LogP contribution in [0.3, 0.4) is 0 Å². The van der Waals surface area contributed by atoms with Crippen molar-refractivity contribution in [3.05, 3.63) is 95.3 Å². The standard InChI is InChI=1S/C28H30N4O2/c1-19(2)32(22-10-6-5-7-11-22)27(33)18-31-25-13-9-8-12-24(25)30-26(31)17-29-28(34)23-15-14-20(3)16-21(23)4/h5-16,19H,17-18H2,1-4H3,(H,29,34). The van der Waals surface area contributed by atoms with Gasteiger partial charge in [-0.15, -0.1) is 0 Å². The summed E-state index contributed by atoms with van der Waals surface area (Å²) in [6.07, 6.45) is 0. The lowest BCUT2D eigenvalue weighted by Gasteiger charge is -2.27. The number of hydrogen-bond donors (Lipinski definition) is 1. The molecule has 6 heteroatoms. The Morgan fingerprint density at radius 3 is 2.38 bits per heavy atom. The molecule has 0 aliphatic carbocycles. The fourth-order valence-electron chi connectivity index (χ4n) is 4.29. The number of nitrogens with zero attached hydrogens (tertiary/aromatic N) is 3. The number of fused-ring (bicyclic) bond motifs is 1. The van der Waals surface area contributed by atoms with Gasteiger partial charge in [-0.2, -0.15) is 0 Å². The van der Waals surface area contributed by atoms with Gasteiger partial charge < -0.3 is 14.8 Å². The topological polar surface area (TPSA) is 67.2 Å². The van der Waals surface area contributed by atoms with Gasteiger partial charge in [0.1, 0.15) is 12.4 Å². The van der Waals surface area contributed by atoms with E-state index in [-0.39, 0.29) is 30.9 Å². The van der Waals surface area contributed by atoms with Crippen LogP contribution < -0.4 is 10.2 Å². The van der Waals surface area contributed by atoms with Crippen molar-refractivity contribution in [3.8, 4) is 0 Å². The van der Waals surface area contributed by atoms with Crippen LogP contribution in [-0.2, 0) is 17.9 Å². The second-order valence-corrected chi connectivity index (χ2v) is 8.80. The highest BCUT2D eigenvalue weighted by molar-refractivity contribution is 5.96. The van der Waals surface area contributed by atoms with Crippen molar-refractivity contribution < 1.29 is 9.59 Å². The smallest absolute Gasteiger partial charge is 0.251 e. The molecular weight excluding hydrogens is 424 g/mol. The first kappa shape index (κ1) is 23.2. The van der Waals surface area contributed by atoms with Crippen molar-refractivity contribution in [2.45, 2.75) is 46.8 Å². The summed E-state index contributed by atoms with van der Waals surface area (Å²) in [6.45, 7) is 8.29. The van der Waals surface area contributed by atoms with Crippen molar-refractivity contribution in [2.75, 3.05) is 4.90 Å². The summed E-state index contributed by atoms with van der Waals surface area (Å²) in [4.78, 5) is 32.9. The van der Waals surface area contributed by atoms with Crippen molar-refractivity contribution in [3.63, 3.8) is 0 Å². The summed E-state index contributed by atoms with van der Waals surface area (Å²) in [6, 6.07) is 23.2. The summed E-state index contributed by atoms with van der Waals surface area (Å²) in [5, 5.41) is 2.99. The second-order valence-electron chi connectivity index (χ2n) is 8.80. The number of benzene rings is 3. The minimum atomic E-state index is -0.157. The fraction of sp³-hybridized carbons (Fsp3) is 0.250. The van der Waals surface area contributed by atoms with Gasteiger partial charge in [-0.3, -0.25) is 9.59 Å². The van der Waals surface area contributed by atoms with Crippen LogP contribution in [0.1, 0.15) is 41.2 Å². The Morgan fingerprint density at radius 2 is 1.68 bits per heavy atom. The van der Waals surface area contributed by atoms with Crippen LogP contribution in [0.25, 0.3) is 11.0 Å². The van der Waals surface area contributed by atoms with E-state index >= 15 is 0 Å². The minimum Gasteiger partial charge on any atom is -0.345 e. The van der Waals surface area contributed by atoms with E-state index in [4.69, 9.17) is 4.98 Å². The zero-order valence-corrected chi connectivity index (χ0v) is 20.1. The lowest BCUT2D eigenvalue weighted by Crippen LogP contribution is -2.39. The van der Waals surface area contributed by atoms with E-state index in [1.807, 2.05) is 105 Å². The van der Waals surface area contributed by atoms with Gasteiger partial charge in [0.25, 0.3) is 5.91 Å². The summed E-state index contributed by atoms with van der Waals surface area (Å²) >= 11 is 0. The third-order valence-electron chi connectivity index (χ3n) is 5.88. The Balaban J connectivity index is 1.61. The average Bonchev–Trinajstić information content (AvgIpc) is 3.15. The summed E-state index contributed by atoms with van der Waals surface area (Å²) in [5.74, 6) is 0.450. The van der Waals surface area contributed by atoms with Crippen molar-refractivity contribution >= 4 is 28.5 Å². The van der Waals surface area contributed by atoms with Crippen molar-refractivity contribution in [1.29, 1.82) is 0 Å². The van der Waals surface area contributed by atoms with Crippen LogP contribution in [0.4, 0.5) is 5.69 Å². The second kappa shape index (κ2) is 9.91. The largest absolute Gasteiger partial charge is 0.345 e. The Hall–Kier alpha value is -3.93. The first-order valence-electron chi connectivity index (χ1n) is 11.5. The molecule has 3 aromatic carbocycles. The SMILES string of the molecule is Cc1ccc(C(=O)NCc2nc3ccccc3n2CC(=O)N(c2ccccc2)C(C)C)c(C)c1. The molecule has 0 saturated carbocycles. The lowest BCUT2D eigenvalue weighted by atomic mass is 10.1. The molecule has 0 spiro atoms. The van der Waals surface area contributed by atoms with Gasteiger partial charge in [-0.05, 0) is 63.6 Å². The molecule has 1 N–H and O–H groups in total. The molecule has 174 valence electrons. The highest BCUT2D eigenvalue weighted by Crippen LogP contribution is 2.21. The molecule has 0 aliphatic rings. The molecule has 0 fully saturated rings. The number of nitrogens with one attached hydrogen (secondary N) is 1. The Kier molecular flexibility index (Phi) is 6.77. The molecule has 0 aliphatic heterocycles. The fourth-order valence-corrected chi connectivity index (χ4v) is 4.29. The van der Waals surface area contributed by atoms with Crippen molar-refractivity contribution in [1.82, 2.24) is 14.9 Å². The van der Waals surface area contributed by atoms with E-state index in [2.05, 4.69) is 5.32 Å². The quantitative estimate of drug-likeness (QED) is 0.426. The van der Waals surface area contributed by atoms with Crippen LogP contribution in [0, 0.1) is 13.8 Å². The molecule has 4 rings (SSSR count). The number of para-hydroxylation sites is 3. The normalized spacial score (nSPS) is 11.1. The molecule has 1 heterocycles. The Morgan fingerprint density at radius 1 is 0.971 bits per heavy atom. The van der Waals surface area contributed by atoms with Gasteiger partial charge in [0, 0.05) is 17.3 Å². The number of amides is 2. The van der Waals surface area contributed by atoms with E-state index in [0.717, 1.165) is 27.8 Å². The molecule has 0 radical (unpaired) electrons. The van der Waals surface area contributed by atoms with E-state index < -0.39 is 0 Å². The first-order valence-corrected chi connectivity index (χ1v) is 11.5. The number of carbonyl (C=O) groups excluding carboxylic acids is 2. The maximum atomic E-state index is 13.5. The molecule has 0 atom stereocenters. The zero-order chi connectivity index (χ0) is 24.2. The Bertz CT molecular complexity index is 1330. The number of rotatable bonds is 7. The third kappa shape index (κ3) is 4.86. The monoisotopic (exact) mass is 454 g/mol. The number of anilines is 1. The Labute approximate surface area is 200 Å². The predicted octanol–water partition coefficient (Wildman–Crippen LogP) is 5.02. The highest BCUT2D eigenvalue weighted by Gasteiger charge is 2.22. The van der Waals surface area contributed by atoms with Gasteiger partial charge in [-0.25, -0.2) is 4.98 Å². The maximum Gasteiger partial charge on any atom is 0.251 e. The summed E-state index contributed by atoms with van der Waals surface area (Å²) in [7, 11) is 0. The average molecular weight is 455 g/mol. The number of carbonyl (C=O) groups is 2. The number of aryl methyl sites for hydroxylation is 2. The molecule has 0 bridgehead atoms. The molecule has 0 unspecified atom stereocenters. The molecule has 34 heavy (non-hydrogen) atoms. The predicted molar refractivity (Wildman–Crippen MR) is 136 cm³/mol. The number of hydrogen-bond acceptors (Lipinski definition) is 3. The van der Waals surface area contributed by atoms with Gasteiger partial charge in [0.2, 0.25) is 5.91 Å². The highest BCUT2D eigenvalue weighted by atomic mass is 16.2. The molecule has 6 nitrogen and oxygen atoms in total. The number of aromatic nitrogens is 2. The van der Waals surface area contributed by atoms with E-state index in [1.165, 1.54) is 0 Å². The minimum absolute atomic E-state index is 0.00245. The van der Waals surface area contributed by atoms with Crippen LogP contribution in [0.5, 0.6) is 0 Å². The van der Waals surface area contributed by atoms with Gasteiger partial charge in [-0.1, -0.05) is 48.0 Å². The molecule has 0 saturated heterocycles. The molecule has 2 amide bonds. The van der Waals surface area contributed by atoms with Crippen molar-refractivity contribution in [2.24, 2.45) is 0 Å². The molecule has 4 aromatic rings. The number of imidazole rings is 1. The van der Waals surface area contributed by atoms with Crippen LogP contribution in [0.15, 0.2) is 72.8 Å². The third-order valence-corrected chi connectivity index (χ3v) is 5.88. The molecular formula is C28H30N4O2. The maximum absolute atomic E-state index is 13.5. The van der Waals surface area contributed by atoms with Crippen LogP contribution >= 0.6 is 0 Å². The van der Waals surface area contributed by atoms with Gasteiger partial charge >= 0.3 is 0 Å².